The van der Waals surface area contributed by atoms with Gasteiger partial charge in [0.15, 0.2) is 0 Å². The zero-order valence-electron chi connectivity index (χ0n) is 5.25. The highest BCUT2D eigenvalue weighted by molar-refractivity contribution is 5.38. The van der Waals surface area contributed by atoms with E-state index in [1.54, 1.807) is 0 Å². The molecule has 0 saturated carbocycles. The van der Waals surface area contributed by atoms with Crippen molar-refractivity contribution < 1.29 is 0 Å². The van der Waals surface area contributed by atoms with E-state index in [9.17, 15) is 0 Å². The van der Waals surface area contributed by atoms with Gasteiger partial charge in [0.05, 0.1) is 6.04 Å². The van der Waals surface area contributed by atoms with Crippen molar-refractivity contribution in [1.82, 2.24) is 0 Å². The van der Waals surface area contributed by atoms with E-state index in [1.165, 1.54) is 0 Å². The van der Waals surface area contributed by atoms with E-state index in [1.807, 2.05) is 24.3 Å². The molecule has 46 valence electrons. The van der Waals surface area contributed by atoms with Gasteiger partial charge in [-0.2, -0.15) is 0 Å². The number of rotatable bonds is 1. The molecule has 0 amide bonds. The zero-order valence-corrected chi connectivity index (χ0v) is 5.25. The molecule has 0 aromatic carbocycles. The summed E-state index contributed by atoms with van der Waals surface area (Å²) in [6, 6.07) is 0.106. The number of hydrogen-bond acceptors (Lipinski definition) is 1. The van der Waals surface area contributed by atoms with E-state index in [0.29, 0.717) is 0 Å². The Morgan fingerprint density at radius 3 is 2.67 bits per heavy atom. The first kappa shape index (κ1) is 6.02. The predicted molar refractivity (Wildman–Crippen MR) is 40.8 cm³/mol. The summed E-state index contributed by atoms with van der Waals surface area (Å²) >= 11 is 0. The molecule has 0 heterocycles. The van der Waals surface area contributed by atoms with Gasteiger partial charge in [-0.3, -0.25) is 4.99 Å². The molecule has 9 heavy (non-hydrogen) atoms. The highest BCUT2D eigenvalue weighted by atomic mass is 14.7. The number of aliphatic imine (C=N–C) groups is 1. The molecule has 0 fully saturated rings. The molecule has 0 saturated heterocycles. The van der Waals surface area contributed by atoms with Crippen LogP contribution in [0.2, 0.25) is 0 Å². The van der Waals surface area contributed by atoms with Gasteiger partial charge in [-0.1, -0.05) is 30.9 Å². The Kier molecular flexibility index (Phi) is 1.63. The minimum atomic E-state index is 0.106. The summed E-state index contributed by atoms with van der Waals surface area (Å²) in [4.78, 5) is 3.84. The fraction of sp³-hybridized carbons (Fsp3) is 0.125. The van der Waals surface area contributed by atoms with Gasteiger partial charge in [-0.15, -0.1) is 0 Å². The second-order valence-electron chi connectivity index (χ2n) is 1.95. The van der Waals surface area contributed by atoms with Crippen molar-refractivity contribution in [2.75, 3.05) is 0 Å². The highest BCUT2D eigenvalue weighted by Gasteiger charge is 2.03. The first-order valence-electron chi connectivity index (χ1n) is 2.84. The third-order valence-electron chi connectivity index (χ3n) is 1.29. The largest absolute Gasteiger partial charge is 0.289 e. The van der Waals surface area contributed by atoms with Gasteiger partial charge in [0.2, 0.25) is 0 Å². The lowest BCUT2D eigenvalue weighted by atomic mass is 10.1. The number of allylic oxidation sites excluding steroid dienone is 2. The molecular weight excluding hydrogens is 110 g/mol. The van der Waals surface area contributed by atoms with Gasteiger partial charge in [0, 0.05) is 0 Å². The van der Waals surface area contributed by atoms with Gasteiger partial charge in [-0.05, 0) is 12.3 Å². The Bertz CT molecular complexity index is 187. The summed E-state index contributed by atoms with van der Waals surface area (Å²) in [6.07, 6.45) is 7.81. The van der Waals surface area contributed by atoms with Crippen molar-refractivity contribution in [1.29, 1.82) is 0 Å². The van der Waals surface area contributed by atoms with Crippen LogP contribution in [0.3, 0.4) is 0 Å². The maximum Gasteiger partial charge on any atom is 0.0920 e. The predicted octanol–water partition coefficient (Wildman–Crippen LogP) is 1.74. The third-order valence-corrected chi connectivity index (χ3v) is 1.29. The molecule has 1 atom stereocenters. The van der Waals surface area contributed by atoms with Crippen LogP contribution in [0.5, 0.6) is 0 Å². The highest BCUT2D eigenvalue weighted by Crippen LogP contribution is 2.11. The standard InChI is InChI=1S/C8H9N/c1-7-5-3-4-6-8(7)9-2/h3-6,8H,1-2H2. The first-order chi connectivity index (χ1) is 4.34. The Hall–Kier alpha value is -1.11. The smallest absolute Gasteiger partial charge is 0.0920 e. The van der Waals surface area contributed by atoms with E-state index in [0.717, 1.165) is 5.57 Å². The van der Waals surface area contributed by atoms with Crippen LogP contribution in [0.15, 0.2) is 41.4 Å². The van der Waals surface area contributed by atoms with Gasteiger partial charge < -0.3 is 0 Å². The van der Waals surface area contributed by atoms with Gasteiger partial charge in [0.25, 0.3) is 0 Å². The molecule has 0 bridgehead atoms. The van der Waals surface area contributed by atoms with E-state index in [-0.39, 0.29) is 6.04 Å². The maximum atomic E-state index is 3.84. The lowest BCUT2D eigenvalue weighted by Crippen LogP contribution is -2.02. The van der Waals surface area contributed by atoms with Crippen LogP contribution in [0.4, 0.5) is 0 Å². The first-order valence-corrected chi connectivity index (χ1v) is 2.84. The van der Waals surface area contributed by atoms with Crippen molar-refractivity contribution in [2.24, 2.45) is 4.99 Å². The summed E-state index contributed by atoms with van der Waals surface area (Å²) in [5.41, 5.74) is 1.01. The average Bonchev–Trinajstić information content (AvgIpc) is 1.89. The summed E-state index contributed by atoms with van der Waals surface area (Å²) in [5.74, 6) is 0. The minimum Gasteiger partial charge on any atom is -0.289 e. The van der Waals surface area contributed by atoms with Crippen LogP contribution in [0.25, 0.3) is 0 Å². The molecule has 1 nitrogen and oxygen atoms in total. The Morgan fingerprint density at radius 1 is 1.44 bits per heavy atom. The molecule has 1 heteroatoms. The normalized spacial score (nSPS) is 24.4. The molecule has 0 aromatic heterocycles. The summed E-state index contributed by atoms with van der Waals surface area (Å²) < 4.78 is 0. The fourth-order valence-electron chi connectivity index (χ4n) is 0.749. The molecule has 0 aromatic rings. The molecule has 0 spiro atoms. The zero-order chi connectivity index (χ0) is 6.69. The number of nitrogens with zero attached hydrogens (tertiary/aromatic N) is 1. The Morgan fingerprint density at radius 2 is 2.22 bits per heavy atom. The monoisotopic (exact) mass is 119 g/mol. The van der Waals surface area contributed by atoms with Crippen LogP contribution in [-0.2, 0) is 0 Å². The van der Waals surface area contributed by atoms with Crippen LogP contribution in [-0.4, -0.2) is 12.8 Å². The Labute approximate surface area is 55.1 Å². The van der Waals surface area contributed by atoms with Crippen molar-refractivity contribution in [3.05, 3.63) is 36.5 Å². The van der Waals surface area contributed by atoms with Crippen LogP contribution >= 0.6 is 0 Å². The molecule has 1 aliphatic rings. The summed E-state index contributed by atoms with van der Waals surface area (Å²) in [7, 11) is 0. The molecular formula is C8H9N. The van der Waals surface area contributed by atoms with E-state index >= 15 is 0 Å². The van der Waals surface area contributed by atoms with Crippen LogP contribution in [0.1, 0.15) is 0 Å². The Balaban J connectivity index is 2.77. The molecule has 1 rings (SSSR count). The van der Waals surface area contributed by atoms with Crippen molar-refractivity contribution in [3.63, 3.8) is 0 Å². The molecule has 0 N–H and O–H groups in total. The lowest BCUT2D eigenvalue weighted by Gasteiger charge is -2.08. The van der Waals surface area contributed by atoms with E-state index in [2.05, 4.69) is 18.3 Å². The van der Waals surface area contributed by atoms with Crippen LogP contribution < -0.4 is 0 Å². The second kappa shape index (κ2) is 2.44. The molecule has 0 radical (unpaired) electrons. The molecule has 0 aliphatic heterocycles. The van der Waals surface area contributed by atoms with Crippen molar-refractivity contribution in [2.45, 2.75) is 6.04 Å². The summed E-state index contributed by atoms with van der Waals surface area (Å²) in [6.45, 7) is 7.23. The quantitative estimate of drug-likeness (QED) is 0.466. The van der Waals surface area contributed by atoms with Crippen LogP contribution in [0, 0.1) is 0 Å². The van der Waals surface area contributed by atoms with Gasteiger partial charge in [0.1, 0.15) is 0 Å². The average molecular weight is 119 g/mol. The van der Waals surface area contributed by atoms with Gasteiger partial charge in [-0.25, -0.2) is 0 Å². The lowest BCUT2D eigenvalue weighted by molar-refractivity contribution is 0.988. The second-order valence-corrected chi connectivity index (χ2v) is 1.95. The van der Waals surface area contributed by atoms with E-state index < -0.39 is 0 Å². The minimum absolute atomic E-state index is 0.106. The van der Waals surface area contributed by atoms with Crippen molar-refractivity contribution in [3.8, 4) is 0 Å². The van der Waals surface area contributed by atoms with Gasteiger partial charge >= 0.3 is 0 Å². The molecule has 1 unspecified atom stereocenters. The SMILES string of the molecule is C=NC1C=CC=CC1=C. The fourth-order valence-corrected chi connectivity index (χ4v) is 0.749. The van der Waals surface area contributed by atoms with Crippen molar-refractivity contribution >= 4 is 6.72 Å². The topological polar surface area (TPSA) is 12.4 Å². The van der Waals surface area contributed by atoms with E-state index in [4.69, 9.17) is 0 Å². The third kappa shape index (κ3) is 1.17. The number of hydrogen-bond donors (Lipinski definition) is 0. The maximum absolute atomic E-state index is 3.84. The summed E-state index contributed by atoms with van der Waals surface area (Å²) in [5, 5.41) is 0. The molecule has 1 aliphatic carbocycles.